The molecule has 0 radical (unpaired) electrons. The van der Waals surface area contributed by atoms with E-state index in [0.717, 1.165) is 6.26 Å². The molecule has 0 aromatic heterocycles. The highest BCUT2D eigenvalue weighted by atomic mass is 35.5. The molecule has 0 aliphatic carbocycles. The summed E-state index contributed by atoms with van der Waals surface area (Å²) < 4.78 is 47.2. The van der Waals surface area contributed by atoms with Gasteiger partial charge in [-0.25, -0.2) is 16.8 Å². The Morgan fingerprint density at radius 3 is 1.91 bits per heavy atom. The van der Waals surface area contributed by atoms with Crippen molar-refractivity contribution < 1.29 is 26.7 Å². The normalized spacial score (nSPS) is 11.9. The van der Waals surface area contributed by atoms with Crippen LogP contribution in [0.5, 0.6) is 0 Å². The van der Waals surface area contributed by atoms with Crippen LogP contribution in [0.15, 0.2) is 70.5 Å². The van der Waals surface area contributed by atoms with Gasteiger partial charge in [-0.05, 0) is 47.5 Å². The van der Waals surface area contributed by atoms with Gasteiger partial charge in [-0.2, -0.15) is 0 Å². The number of carbonyl (C=O) groups is 1. The van der Waals surface area contributed by atoms with E-state index in [-0.39, 0.29) is 37.9 Å². The van der Waals surface area contributed by atoms with Crippen LogP contribution in [-0.2, 0) is 30.9 Å². The van der Waals surface area contributed by atoms with Crippen molar-refractivity contribution >= 4 is 54.5 Å². The molecule has 7 nitrogen and oxygen atoms in total. The molecule has 0 bridgehead atoms. The van der Waals surface area contributed by atoms with E-state index >= 15 is 0 Å². The minimum Gasteiger partial charge on any atom is -0.395 e. The molecule has 11 heteroatoms. The van der Waals surface area contributed by atoms with Crippen LogP contribution in [0, 0.1) is 0 Å². The van der Waals surface area contributed by atoms with Crippen LogP contribution in [0.3, 0.4) is 0 Å². The van der Waals surface area contributed by atoms with Gasteiger partial charge in [-0.3, -0.25) is 4.79 Å². The van der Waals surface area contributed by atoms with Gasteiger partial charge in [-0.15, -0.1) is 0 Å². The summed E-state index contributed by atoms with van der Waals surface area (Å²) in [4.78, 5) is 12.7. The highest BCUT2D eigenvalue weighted by Gasteiger charge is 2.16. The first-order valence-electron chi connectivity index (χ1n) is 9.92. The number of hydrogen-bond donors (Lipinski definition) is 2. The monoisotopic (exact) mass is 541 g/mol. The number of anilines is 1. The predicted molar refractivity (Wildman–Crippen MR) is 133 cm³/mol. The van der Waals surface area contributed by atoms with E-state index in [9.17, 15) is 21.6 Å². The van der Waals surface area contributed by atoms with Crippen molar-refractivity contribution in [3.8, 4) is 11.1 Å². The Kier molecular flexibility index (Phi) is 8.05. The van der Waals surface area contributed by atoms with E-state index < -0.39 is 26.3 Å². The average molecular weight is 542 g/mol. The van der Waals surface area contributed by atoms with Crippen molar-refractivity contribution in [2.24, 2.45) is 0 Å². The lowest BCUT2D eigenvalue weighted by molar-refractivity contribution is -0.115. The summed E-state index contributed by atoms with van der Waals surface area (Å²) >= 11 is 12.8. The van der Waals surface area contributed by atoms with Gasteiger partial charge in [0, 0.05) is 17.5 Å². The number of sulfone groups is 2. The molecule has 0 atom stereocenters. The molecule has 0 spiro atoms. The topological polar surface area (TPSA) is 118 Å². The van der Waals surface area contributed by atoms with Gasteiger partial charge >= 0.3 is 0 Å². The van der Waals surface area contributed by atoms with E-state index in [1.165, 1.54) is 48.5 Å². The van der Waals surface area contributed by atoms with E-state index in [0.29, 0.717) is 22.4 Å². The molecule has 34 heavy (non-hydrogen) atoms. The maximum absolute atomic E-state index is 12.5. The first-order valence-corrected chi connectivity index (χ1v) is 14.2. The van der Waals surface area contributed by atoms with Crippen molar-refractivity contribution in [1.29, 1.82) is 0 Å². The van der Waals surface area contributed by atoms with Gasteiger partial charge in [0.15, 0.2) is 19.7 Å². The maximum Gasteiger partial charge on any atom is 0.228 e. The molecule has 0 aliphatic heterocycles. The van der Waals surface area contributed by atoms with Crippen molar-refractivity contribution in [3.05, 3.63) is 76.3 Å². The van der Waals surface area contributed by atoms with Gasteiger partial charge in [0.25, 0.3) is 0 Å². The van der Waals surface area contributed by atoms with E-state index in [1.807, 2.05) is 0 Å². The van der Waals surface area contributed by atoms with Crippen LogP contribution in [0.2, 0.25) is 10.0 Å². The Hall–Kier alpha value is -2.43. The molecule has 0 heterocycles. The minimum atomic E-state index is -3.56. The minimum absolute atomic E-state index is 0.00965. The summed E-state index contributed by atoms with van der Waals surface area (Å²) in [5, 5.41) is 12.1. The summed E-state index contributed by atoms with van der Waals surface area (Å²) in [7, 11) is -6.89. The van der Waals surface area contributed by atoms with Crippen molar-refractivity contribution in [2.75, 3.05) is 23.9 Å². The van der Waals surface area contributed by atoms with Gasteiger partial charge in [0.05, 0.1) is 38.6 Å². The third-order valence-corrected chi connectivity index (χ3v) is 8.34. The fraction of sp³-hybridized carbons (Fsp3) is 0.174. The lowest BCUT2D eigenvalue weighted by Gasteiger charge is -2.12. The molecule has 0 fully saturated rings. The molecule has 0 saturated carbocycles. The molecule has 3 aromatic carbocycles. The zero-order valence-electron chi connectivity index (χ0n) is 18.0. The second-order valence-electron chi connectivity index (χ2n) is 7.52. The fourth-order valence-corrected chi connectivity index (χ4v) is 5.60. The molecule has 0 aliphatic rings. The zero-order chi connectivity index (χ0) is 25.1. The molecule has 1 amide bonds. The zero-order valence-corrected chi connectivity index (χ0v) is 21.1. The number of hydrogen-bond acceptors (Lipinski definition) is 6. The Labute approximate surface area is 208 Å². The molecular formula is C23H21Cl2NO6S2. The average Bonchev–Trinajstić information content (AvgIpc) is 2.73. The standard InChI is InChI=1S/C23H21Cl2NO6S2/c1-33(29,30)18-8-4-16(5-9-18)23-20(24)13-17(14-21(23)25)26-22(28)12-15-2-6-19(7-3-15)34(31,32)11-10-27/h2-9,13-14,27H,10-12H2,1H3,(H,26,28). The van der Waals surface area contributed by atoms with Crippen LogP contribution in [0.25, 0.3) is 11.1 Å². The summed E-state index contributed by atoms with van der Waals surface area (Å²) in [6.07, 6.45) is 1.11. The van der Waals surface area contributed by atoms with Crippen LogP contribution < -0.4 is 5.32 Å². The van der Waals surface area contributed by atoms with E-state index in [4.69, 9.17) is 28.3 Å². The van der Waals surface area contributed by atoms with Crippen molar-refractivity contribution in [3.63, 3.8) is 0 Å². The Bertz CT molecular complexity index is 1400. The maximum atomic E-state index is 12.5. The number of aliphatic hydroxyl groups is 1. The molecule has 0 unspecified atom stereocenters. The molecule has 3 rings (SSSR count). The van der Waals surface area contributed by atoms with Gasteiger partial charge in [0.2, 0.25) is 5.91 Å². The van der Waals surface area contributed by atoms with Crippen LogP contribution in [0.4, 0.5) is 5.69 Å². The third kappa shape index (κ3) is 6.37. The first kappa shape index (κ1) is 26.2. The lowest BCUT2D eigenvalue weighted by Crippen LogP contribution is -2.15. The first-order chi connectivity index (χ1) is 15.9. The summed E-state index contributed by atoms with van der Waals surface area (Å²) in [5.41, 5.74) is 2.09. The summed E-state index contributed by atoms with van der Waals surface area (Å²) in [6.45, 7) is -0.470. The van der Waals surface area contributed by atoms with Gasteiger partial charge in [-0.1, -0.05) is 47.5 Å². The Balaban J connectivity index is 1.73. The number of amides is 1. The third-order valence-electron chi connectivity index (χ3n) is 4.90. The van der Waals surface area contributed by atoms with Crippen LogP contribution in [-0.4, -0.2) is 46.5 Å². The lowest BCUT2D eigenvalue weighted by atomic mass is 10.0. The molecular weight excluding hydrogens is 521 g/mol. The van der Waals surface area contributed by atoms with Gasteiger partial charge < -0.3 is 10.4 Å². The number of aliphatic hydroxyl groups excluding tert-OH is 1. The Morgan fingerprint density at radius 1 is 0.882 bits per heavy atom. The smallest absolute Gasteiger partial charge is 0.228 e. The number of benzene rings is 3. The second-order valence-corrected chi connectivity index (χ2v) is 12.5. The highest BCUT2D eigenvalue weighted by Crippen LogP contribution is 2.37. The van der Waals surface area contributed by atoms with Crippen LogP contribution >= 0.6 is 23.2 Å². The SMILES string of the molecule is CS(=O)(=O)c1ccc(-c2c(Cl)cc(NC(=O)Cc3ccc(S(=O)(=O)CCO)cc3)cc2Cl)cc1. The second kappa shape index (κ2) is 10.5. The predicted octanol–water partition coefficient (Wildman–Crippen LogP) is 4.01. The molecule has 2 N–H and O–H groups in total. The quantitative estimate of drug-likeness (QED) is 0.444. The van der Waals surface area contributed by atoms with E-state index in [1.54, 1.807) is 12.1 Å². The van der Waals surface area contributed by atoms with Crippen LogP contribution in [0.1, 0.15) is 5.56 Å². The van der Waals surface area contributed by atoms with E-state index in [2.05, 4.69) is 5.32 Å². The molecule has 3 aromatic rings. The van der Waals surface area contributed by atoms with Crippen molar-refractivity contribution in [2.45, 2.75) is 16.2 Å². The van der Waals surface area contributed by atoms with Crippen molar-refractivity contribution in [1.82, 2.24) is 0 Å². The Morgan fingerprint density at radius 2 is 1.41 bits per heavy atom. The fourth-order valence-electron chi connectivity index (χ4n) is 3.23. The number of carbonyl (C=O) groups excluding carboxylic acids is 1. The highest BCUT2D eigenvalue weighted by molar-refractivity contribution is 7.91. The largest absolute Gasteiger partial charge is 0.395 e. The number of nitrogens with one attached hydrogen (secondary N) is 1. The molecule has 0 saturated heterocycles. The number of rotatable bonds is 8. The summed E-state index contributed by atoms with van der Waals surface area (Å²) in [6, 6.07) is 15.1. The summed E-state index contributed by atoms with van der Waals surface area (Å²) in [5.74, 6) is -0.727. The number of halogens is 2. The van der Waals surface area contributed by atoms with Gasteiger partial charge in [0.1, 0.15) is 0 Å². The molecule has 180 valence electrons.